The van der Waals surface area contributed by atoms with Gasteiger partial charge in [0.25, 0.3) is 0 Å². The molecule has 0 aromatic rings. The van der Waals surface area contributed by atoms with E-state index in [1.54, 1.807) is 0 Å². The van der Waals surface area contributed by atoms with E-state index in [0.29, 0.717) is 18.6 Å². The van der Waals surface area contributed by atoms with Crippen LogP contribution in [-0.4, -0.2) is 49.1 Å². The first kappa shape index (κ1) is 15.4. The lowest BCUT2D eigenvalue weighted by molar-refractivity contribution is -0.120. The Balaban J connectivity index is 2.05. The van der Waals surface area contributed by atoms with Gasteiger partial charge in [0.15, 0.2) is 0 Å². The molecule has 0 atom stereocenters. The van der Waals surface area contributed by atoms with Gasteiger partial charge in [-0.25, -0.2) is 0 Å². The highest BCUT2D eigenvalue weighted by atomic mass is 16.1. The number of carbonyl (C=O) groups is 1. The van der Waals surface area contributed by atoms with E-state index in [2.05, 4.69) is 43.2 Å². The molecule has 0 aromatic carbocycles. The number of nitrogens with zero attached hydrogens (tertiary/aromatic N) is 1. The molecule has 0 aliphatic heterocycles. The first-order chi connectivity index (χ1) is 8.50. The quantitative estimate of drug-likeness (QED) is 0.651. The van der Waals surface area contributed by atoms with Crippen LogP contribution in [0.3, 0.4) is 0 Å². The Morgan fingerprint density at radius 1 is 1.22 bits per heavy atom. The Hall–Kier alpha value is -0.610. The Morgan fingerprint density at radius 3 is 2.33 bits per heavy atom. The number of hydrogen-bond donors (Lipinski definition) is 2. The maximum Gasteiger partial charge on any atom is 0.234 e. The zero-order valence-electron chi connectivity index (χ0n) is 12.3. The summed E-state index contributed by atoms with van der Waals surface area (Å²) < 4.78 is 0. The summed E-state index contributed by atoms with van der Waals surface area (Å²) >= 11 is 0. The van der Waals surface area contributed by atoms with E-state index in [1.165, 1.54) is 12.8 Å². The molecule has 4 nitrogen and oxygen atoms in total. The molecule has 1 aliphatic rings. The molecule has 0 spiro atoms. The fourth-order valence-corrected chi connectivity index (χ4v) is 2.21. The maximum absolute atomic E-state index is 11.6. The summed E-state index contributed by atoms with van der Waals surface area (Å²) in [6.45, 7) is 11.9. The van der Waals surface area contributed by atoms with Gasteiger partial charge in [-0.05, 0) is 53.0 Å². The van der Waals surface area contributed by atoms with Gasteiger partial charge >= 0.3 is 0 Å². The Morgan fingerprint density at radius 2 is 1.83 bits per heavy atom. The van der Waals surface area contributed by atoms with E-state index in [0.717, 1.165) is 25.6 Å². The van der Waals surface area contributed by atoms with Gasteiger partial charge in [0, 0.05) is 25.2 Å². The van der Waals surface area contributed by atoms with Gasteiger partial charge in [0.05, 0.1) is 6.54 Å². The molecule has 1 fully saturated rings. The molecule has 0 unspecified atom stereocenters. The van der Waals surface area contributed by atoms with Crippen LogP contribution in [-0.2, 0) is 4.79 Å². The normalized spacial score (nSPS) is 15.7. The van der Waals surface area contributed by atoms with Crippen molar-refractivity contribution in [1.82, 2.24) is 15.5 Å². The van der Waals surface area contributed by atoms with Crippen molar-refractivity contribution in [3.05, 3.63) is 0 Å². The van der Waals surface area contributed by atoms with E-state index in [-0.39, 0.29) is 5.91 Å². The largest absolute Gasteiger partial charge is 0.354 e. The first-order valence-corrected chi connectivity index (χ1v) is 7.24. The van der Waals surface area contributed by atoms with Crippen LogP contribution >= 0.6 is 0 Å². The average molecular weight is 255 g/mol. The van der Waals surface area contributed by atoms with Crippen molar-refractivity contribution in [2.75, 3.05) is 26.2 Å². The third-order valence-corrected chi connectivity index (χ3v) is 3.43. The molecule has 0 aromatic heterocycles. The summed E-state index contributed by atoms with van der Waals surface area (Å²) in [5.41, 5.74) is 0. The second-order valence-corrected chi connectivity index (χ2v) is 5.85. The van der Waals surface area contributed by atoms with Crippen molar-refractivity contribution in [3.8, 4) is 0 Å². The van der Waals surface area contributed by atoms with Gasteiger partial charge in [0.2, 0.25) is 5.91 Å². The minimum absolute atomic E-state index is 0.114. The van der Waals surface area contributed by atoms with Crippen molar-refractivity contribution in [2.45, 2.75) is 52.6 Å². The molecule has 2 N–H and O–H groups in total. The van der Waals surface area contributed by atoms with Crippen LogP contribution in [0.25, 0.3) is 0 Å². The predicted molar refractivity (Wildman–Crippen MR) is 75.6 cm³/mol. The summed E-state index contributed by atoms with van der Waals surface area (Å²) in [4.78, 5) is 14.0. The smallest absolute Gasteiger partial charge is 0.234 e. The monoisotopic (exact) mass is 255 g/mol. The highest BCUT2D eigenvalue weighted by Crippen LogP contribution is 2.27. The predicted octanol–water partition coefficient (Wildman–Crippen LogP) is 1.22. The molecule has 18 heavy (non-hydrogen) atoms. The zero-order chi connectivity index (χ0) is 13.5. The van der Waals surface area contributed by atoms with Crippen LogP contribution in [0, 0.1) is 5.92 Å². The number of rotatable bonds is 9. The maximum atomic E-state index is 11.6. The topological polar surface area (TPSA) is 44.4 Å². The van der Waals surface area contributed by atoms with E-state index < -0.39 is 0 Å². The Kier molecular flexibility index (Phi) is 6.65. The molecule has 1 aliphatic carbocycles. The molecule has 0 bridgehead atoms. The summed E-state index contributed by atoms with van der Waals surface area (Å²) in [6.07, 6.45) is 2.65. The molecule has 0 saturated heterocycles. The molecule has 1 amide bonds. The van der Waals surface area contributed by atoms with Crippen molar-refractivity contribution in [2.24, 2.45) is 5.92 Å². The summed E-state index contributed by atoms with van der Waals surface area (Å²) in [6, 6.07) is 1.05. The van der Waals surface area contributed by atoms with E-state index >= 15 is 0 Å². The second-order valence-electron chi connectivity index (χ2n) is 5.85. The molecule has 0 radical (unpaired) electrons. The van der Waals surface area contributed by atoms with Gasteiger partial charge in [-0.3, -0.25) is 9.69 Å². The van der Waals surface area contributed by atoms with Gasteiger partial charge in [-0.2, -0.15) is 0 Å². The standard InChI is InChI=1S/C14H29N3O/c1-11(2)17(12(3)4)8-7-16-14(18)10-15-9-13-5-6-13/h11-13,15H,5-10H2,1-4H3,(H,16,18). The van der Waals surface area contributed by atoms with Crippen LogP contribution in [0.2, 0.25) is 0 Å². The number of hydrogen-bond acceptors (Lipinski definition) is 3. The molecule has 4 heteroatoms. The van der Waals surface area contributed by atoms with Crippen LogP contribution < -0.4 is 10.6 Å². The summed E-state index contributed by atoms with van der Waals surface area (Å²) in [5.74, 6) is 0.943. The SMILES string of the molecule is CC(C)N(CCNC(=O)CNCC1CC1)C(C)C. The molecule has 106 valence electrons. The van der Waals surface area contributed by atoms with Gasteiger partial charge < -0.3 is 10.6 Å². The lowest BCUT2D eigenvalue weighted by Crippen LogP contribution is -2.44. The first-order valence-electron chi connectivity index (χ1n) is 7.24. The molecular weight excluding hydrogens is 226 g/mol. The van der Waals surface area contributed by atoms with Crippen molar-refractivity contribution >= 4 is 5.91 Å². The Labute approximate surface area is 111 Å². The minimum Gasteiger partial charge on any atom is -0.354 e. The average Bonchev–Trinajstić information content (AvgIpc) is 3.07. The van der Waals surface area contributed by atoms with E-state index in [1.807, 2.05) is 0 Å². The van der Waals surface area contributed by atoms with Crippen molar-refractivity contribution < 1.29 is 4.79 Å². The highest BCUT2D eigenvalue weighted by Gasteiger charge is 2.20. The fraction of sp³-hybridized carbons (Fsp3) is 0.929. The third-order valence-electron chi connectivity index (χ3n) is 3.43. The number of carbonyl (C=O) groups excluding carboxylic acids is 1. The second kappa shape index (κ2) is 7.74. The Bertz CT molecular complexity index is 241. The van der Waals surface area contributed by atoms with Gasteiger partial charge in [-0.1, -0.05) is 0 Å². The van der Waals surface area contributed by atoms with Crippen LogP contribution in [0.5, 0.6) is 0 Å². The summed E-state index contributed by atoms with van der Waals surface area (Å²) in [5, 5.41) is 6.18. The summed E-state index contributed by atoms with van der Waals surface area (Å²) in [7, 11) is 0. The lowest BCUT2D eigenvalue weighted by atomic mass is 10.2. The van der Waals surface area contributed by atoms with Crippen LogP contribution in [0.4, 0.5) is 0 Å². The molecule has 1 saturated carbocycles. The lowest BCUT2D eigenvalue weighted by Gasteiger charge is -2.30. The fourth-order valence-electron chi connectivity index (χ4n) is 2.21. The third kappa shape index (κ3) is 6.36. The number of amides is 1. The van der Waals surface area contributed by atoms with Crippen LogP contribution in [0.1, 0.15) is 40.5 Å². The minimum atomic E-state index is 0.114. The molecule has 1 rings (SSSR count). The molecule has 0 heterocycles. The van der Waals surface area contributed by atoms with Crippen molar-refractivity contribution in [1.29, 1.82) is 0 Å². The van der Waals surface area contributed by atoms with Crippen LogP contribution in [0.15, 0.2) is 0 Å². The molecular formula is C14H29N3O. The van der Waals surface area contributed by atoms with Gasteiger partial charge in [0.1, 0.15) is 0 Å². The van der Waals surface area contributed by atoms with Gasteiger partial charge in [-0.15, -0.1) is 0 Å². The number of nitrogens with one attached hydrogen (secondary N) is 2. The zero-order valence-corrected chi connectivity index (χ0v) is 12.3. The highest BCUT2D eigenvalue weighted by molar-refractivity contribution is 5.77. The van der Waals surface area contributed by atoms with E-state index in [9.17, 15) is 4.79 Å². The van der Waals surface area contributed by atoms with Crippen molar-refractivity contribution in [3.63, 3.8) is 0 Å². The van der Waals surface area contributed by atoms with E-state index in [4.69, 9.17) is 0 Å².